The quantitative estimate of drug-likeness (QED) is 0.723. The van der Waals surface area contributed by atoms with E-state index in [4.69, 9.17) is 5.11 Å². The van der Waals surface area contributed by atoms with E-state index >= 15 is 0 Å². The van der Waals surface area contributed by atoms with Gasteiger partial charge in [-0.2, -0.15) is 11.8 Å². The lowest BCUT2D eigenvalue weighted by molar-refractivity contribution is -0.136. The van der Waals surface area contributed by atoms with E-state index in [2.05, 4.69) is 37.2 Å². The van der Waals surface area contributed by atoms with Gasteiger partial charge in [-0.15, -0.1) is 0 Å². The van der Waals surface area contributed by atoms with Gasteiger partial charge in [0.2, 0.25) is 5.91 Å². The molecule has 98 valence electrons. The van der Waals surface area contributed by atoms with Crippen LogP contribution >= 0.6 is 43.6 Å². The average Bonchev–Trinajstić information content (AvgIpc) is 2.28. The highest BCUT2D eigenvalue weighted by Gasteiger charge is 2.06. The van der Waals surface area contributed by atoms with Gasteiger partial charge in [-0.25, -0.2) is 0 Å². The van der Waals surface area contributed by atoms with Gasteiger partial charge in [0.1, 0.15) is 0 Å². The van der Waals surface area contributed by atoms with E-state index in [-0.39, 0.29) is 18.1 Å². The highest BCUT2D eigenvalue weighted by atomic mass is 79.9. The van der Waals surface area contributed by atoms with Crippen LogP contribution in [0.25, 0.3) is 0 Å². The van der Waals surface area contributed by atoms with Gasteiger partial charge in [-0.05, 0) is 34.1 Å². The van der Waals surface area contributed by atoms with Crippen LogP contribution < -0.4 is 5.32 Å². The zero-order chi connectivity index (χ0) is 13.5. The number of halogens is 2. The van der Waals surface area contributed by atoms with E-state index in [0.29, 0.717) is 11.4 Å². The minimum atomic E-state index is -0.849. The van der Waals surface area contributed by atoms with E-state index < -0.39 is 5.97 Å². The van der Waals surface area contributed by atoms with E-state index in [0.717, 1.165) is 8.95 Å². The van der Waals surface area contributed by atoms with Crippen LogP contribution in [-0.2, 0) is 9.59 Å². The van der Waals surface area contributed by atoms with Crippen molar-refractivity contribution in [3.8, 4) is 0 Å². The Kier molecular flexibility index (Phi) is 6.73. The van der Waals surface area contributed by atoms with Crippen molar-refractivity contribution in [3.63, 3.8) is 0 Å². The molecule has 4 nitrogen and oxygen atoms in total. The largest absolute Gasteiger partial charge is 0.481 e. The normalized spacial score (nSPS) is 10.1. The number of carbonyl (C=O) groups excluding carboxylic acids is 1. The Balaban J connectivity index is 2.38. The molecule has 0 atom stereocenters. The molecule has 1 aromatic carbocycles. The lowest BCUT2D eigenvalue weighted by atomic mass is 10.3. The number of anilines is 1. The van der Waals surface area contributed by atoms with Gasteiger partial charge in [-0.1, -0.05) is 15.9 Å². The first kappa shape index (κ1) is 15.5. The molecule has 0 radical (unpaired) electrons. The molecule has 0 saturated heterocycles. The molecule has 0 spiro atoms. The first-order valence-corrected chi connectivity index (χ1v) is 7.77. The maximum Gasteiger partial charge on any atom is 0.304 e. The first-order chi connectivity index (χ1) is 8.49. The number of hydrogen-bond donors (Lipinski definition) is 2. The minimum Gasteiger partial charge on any atom is -0.481 e. The molecule has 1 rings (SSSR count). The summed E-state index contributed by atoms with van der Waals surface area (Å²) in [5, 5.41) is 11.2. The van der Waals surface area contributed by atoms with Crippen LogP contribution in [0, 0.1) is 0 Å². The second-order valence-corrected chi connectivity index (χ2v) is 6.24. The van der Waals surface area contributed by atoms with Crippen LogP contribution in [0.1, 0.15) is 6.42 Å². The van der Waals surface area contributed by atoms with Crippen LogP contribution in [-0.4, -0.2) is 28.5 Å². The second kappa shape index (κ2) is 7.81. The van der Waals surface area contributed by atoms with Crippen molar-refractivity contribution < 1.29 is 14.7 Å². The Labute approximate surface area is 126 Å². The fraction of sp³-hybridized carbons (Fsp3) is 0.273. The lowest BCUT2D eigenvalue weighted by Crippen LogP contribution is -2.15. The number of rotatable bonds is 6. The van der Waals surface area contributed by atoms with Crippen molar-refractivity contribution in [2.75, 3.05) is 16.8 Å². The molecule has 18 heavy (non-hydrogen) atoms. The monoisotopic (exact) mass is 395 g/mol. The molecule has 1 amide bonds. The van der Waals surface area contributed by atoms with Crippen molar-refractivity contribution in [3.05, 3.63) is 27.1 Å². The Morgan fingerprint density at radius 3 is 2.67 bits per heavy atom. The molecule has 7 heteroatoms. The van der Waals surface area contributed by atoms with Crippen molar-refractivity contribution in [1.29, 1.82) is 0 Å². The second-order valence-electron chi connectivity index (χ2n) is 3.37. The molecule has 0 saturated carbocycles. The number of thioether (sulfide) groups is 1. The van der Waals surface area contributed by atoms with Crippen molar-refractivity contribution in [1.82, 2.24) is 0 Å². The number of benzene rings is 1. The summed E-state index contributed by atoms with van der Waals surface area (Å²) < 4.78 is 1.71. The molecule has 1 aromatic rings. The maximum atomic E-state index is 11.6. The minimum absolute atomic E-state index is 0.0694. The van der Waals surface area contributed by atoms with Gasteiger partial charge in [0, 0.05) is 14.7 Å². The molecular formula is C11H11Br2NO3S. The van der Waals surface area contributed by atoms with Gasteiger partial charge < -0.3 is 10.4 Å². The smallest absolute Gasteiger partial charge is 0.304 e. The Morgan fingerprint density at radius 2 is 2.06 bits per heavy atom. The summed E-state index contributed by atoms with van der Waals surface area (Å²) >= 11 is 7.97. The zero-order valence-corrected chi connectivity index (χ0v) is 13.3. The molecule has 2 N–H and O–H groups in total. The fourth-order valence-electron chi connectivity index (χ4n) is 1.10. The molecule has 0 fully saturated rings. The van der Waals surface area contributed by atoms with Crippen LogP contribution in [0.4, 0.5) is 5.69 Å². The zero-order valence-electron chi connectivity index (χ0n) is 9.28. The molecule has 0 heterocycles. The van der Waals surface area contributed by atoms with Crippen molar-refractivity contribution in [2.24, 2.45) is 0 Å². The number of carbonyl (C=O) groups is 2. The molecule has 0 aliphatic carbocycles. The van der Waals surface area contributed by atoms with Gasteiger partial charge >= 0.3 is 5.97 Å². The summed E-state index contributed by atoms with van der Waals surface area (Å²) in [5.41, 5.74) is 0.696. The topological polar surface area (TPSA) is 66.4 Å². The number of carboxylic acid groups (broad SMARTS) is 1. The highest BCUT2D eigenvalue weighted by molar-refractivity contribution is 9.11. The standard InChI is InChI=1S/C11H11Br2NO3S/c12-7-1-2-9(8(13)5-7)14-10(15)6-18-4-3-11(16)17/h1-2,5H,3-4,6H2,(H,14,15)(H,16,17). The van der Waals surface area contributed by atoms with Crippen LogP contribution in [0.15, 0.2) is 27.1 Å². The number of amides is 1. The van der Waals surface area contributed by atoms with Gasteiger partial charge in [0.25, 0.3) is 0 Å². The van der Waals surface area contributed by atoms with Crippen LogP contribution in [0.2, 0.25) is 0 Å². The molecule has 0 bridgehead atoms. The molecule has 0 unspecified atom stereocenters. The summed E-state index contributed by atoms with van der Waals surface area (Å²) in [5.74, 6) is -0.313. The summed E-state index contributed by atoms with van der Waals surface area (Å²) in [6.07, 6.45) is 0.0694. The van der Waals surface area contributed by atoms with Gasteiger partial charge in [-0.3, -0.25) is 9.59 Å². The third-order valence-electron chi connectivity index (χ3n) is 1.90. The Morgan fingerprint density at radius 1 is 1.33 bits per heavy atom. The third-order valence-corrected chi connectivity index (χ3v) is 4.01. The van der Waals surface area contributed by atoms with Crippen molar-refractivity contribution in [2.45, 2.75) is 6.42 Å². The van der Waals surface area contributed by atoms with E-state index in [1.807, 2.05) is 12.1 Å². The summed E-state index contributed by atoms with van der Waals surface area (Å²) in [4.78, 5) is 21.9. The average molecular weight is 397 g/mol. The Bertz CT molecular complexity index is 454. The maximum absolute atomic E-state index is 11.6. The lowest BCUT2D eigenvalue weighted by Gasteiger charge is -2.07. The van der Waals surface area contributed by atoms with Crippen LogP contribution in [0.3, 0.4) is 0 Å². The number of nitrogens with one attached hydrogen (secondary N) is 1. The SMILES string of the molecule is O=C(O)CCSCC(=O)Nc1ccc(Br)cc1Br. The number of carboxylic acids is 1. The first-order valence-electron chi connectivity index (χ1n) is 5.03. The highest BCUT2D eigenvalue weighted by Crippen LogP contribution is 2.26. The molecule has 0 aromatic heterocycles. The fourth-order valence-corrected chi connectivity index (χ4v) is 2.97. The van der Waals surface area contributed by atoms with Crippen LogP contribution in [0.5, 0.6) is 0 Å². The third kappa shape index (κ3) is 5.88. The number of aliphatic carboxylic acids is 1. The van der Waals surface area contributed by atoms with Gasteiger partial charge in [0.05, 0.1) is 17.9 Å². The predicted molar refractivity (Wildman–Crippen MR) is 80.0 cm³/mol. The van der Waals surface area contributed by atoms with Crippen molar-refractivity contribution >= 4 is 61.2 Å². The Hall–Kier alpha value is -0.530. The van der Waals surface area contributed by atoms with Gasteiger partial charge in [0.15, 0.2) is 0 Å². The van der Waals surface area contributed by atoms with E-state index in [1.54, 1.807) is 6.07 Å². The summed E-state index contributed by atoms with van der Waals surface area (Å²) in [7, 11) is 0. The van der Waals surface area contributed by atoms with E-state index in [1.165, 1.54) is 11.8 Å². The molecule has 0 aliphatic heterocycles. The number of hydrogen-bond acceptors (Lipinski definition) is 3. The van der Waals surface area contributed by atoms with E-state index in [9.17, 15) is 9.59 Å². The summed E-state index contributed by atoms with van der Waals surface area (Å²) in [6.45, 7) is 0. The molecule has 0 aliphatic rings. The summed E-state index contributed by atoms with van der Waals surface area (Å²) in [6, 6.07) is 5.46. The molecular weight excluding hydrogens is 386 g/mol. The predicted octanol–water partition coefficient (Wildman–Crippen LogP) is 3.36.